The Hall–Kier alpha value is -0.840. The van der Waals surface area contributed by atoms with E-state index in [1.54, 1.807) is 13.3 Å². The maximum absolute atomic E-state index is 6.26. The maximum Gasteiger partial charge on any atom is 0.129 e. The van der Waals surface area contributed by atoms with Crippen LogP contribution in [-0.2, 0) is 11.3 Å². The van der Waals surface area contributed by atoms with Crippen molar-refractivity contribution >= 4 is 17.4 Å². The Kier molecular flexibility index (Phi) is 4.44. The van der Waals surface area contributed by atoms with E-state index in [9.17, 15) is 0 Å². The van der Waals surface area contributed by atoms with Crippen LogP contribution in [0.2, 0.25) is 5.02 Å². The fourth-order valence-electron chi connectivity index (χ4n) is 2.36. The largest absolute Gasteiger partial charge is 0.383 e. The Labute approximate surface area is 125 Å². The zero-order chi connectivity index (χ0) is 13.9. The molecular formula is C15H22ClN3O. The van der Waals surface area contributed by atoms with Gasteiger partial charge >= 0.3 is 0 Å². The first-order valence-electron chi connectivity index (χ1n) is 7.41. The number of nitrogens with one attached hydrogen (secondary N) is 1. The minimum absolute atomic E-state index is 0.628. The van der Waals surface area contributed by atoms with Crippen LogP contribution in [0.5, 0.6) is 0 Å². The molecule has 5 heteroatoms. The van der Waals surface area contributed by atoms with Gasteiger partial charge in [0.2, 0.25) is 0 Å². The molecule has 0 amide bonds. The van der Waals surface area contributed by atoms with Gasteiger partial charge in [0.1, 0.15) is 5.82 Å². The fourth-order valence-corrected chi connectivity index (χ4v) is 2.53. The minimum atomic E-state index is 0.628. The average molecular weight is 296 g/mol. The number of methoxy groups -OCH3 is 1. The molecule has 0 spiro atoms. The molecule has 0 aliphatic heterocycles. The third-order valence-corrected chi connectivity index (χ3v) is 4.24. The number of pyridine rings is 1. The molecule has 2 saturated carbocycles. The fraction of sp³-hybridized carbons (Fsp3) is 0.667. The summed E-state index contributed by atoms with van der Waals surface area (Å²) in [5.74, 6) is 1.03. The highest BCUT2D eigenvalue weighted by Gasteiger charge is 2.30. The second kappa shape index (κ2) is 6.29. The second-order valence-electron chi connectivity index (χ2n) is 5.71. The van der Waals surface area contributed by atoms with Crippen molar-refractivity contribution in [3.63, 3.8) is 0 Å². The predicted molar refractivity (Wildman–Crippen MR) is 81.4 cm³/mol. The van der Waals surface area contributed by atoms with Gasteiger partial charge in [-0.2, -0.15) is 0 Å². The molecule has 1 aromatic heterocycles. The molecule has 2 aliphatic carbocycles. The number of nitrogens with zero attached hydrogens (tertiary/aromatic N) is 2. The molecule has 1 N–H and O–H groups in total. The van der Waals surface area contributed by atoms with Gasteiger partial charge in [-0.15, -0.1) is 0 Å². The van der Waals surface area contributed by atoms with E-state index in [2.05, 4.69) is 21.3 Å². The molecule has 0 aromatic carbocycles. The highest BCUT2D eigenvalue weighted by Crippen LogP contribution is 2.32. The highest BCUT2D eigenvalue weighted by molar-refractivity contribution is 6.31. The molecule has 4 nitrogen and oxygen atoms in total. The van der Waals surface area contributed by atoms with Crippen LogP contribution in [0.4, 0.5) is 5.82 Å². The molecule has 0 radical (unpaired) electrons. The van der Waals surface area contributed by atoms with Gasteiger partial charge in [0.25, 0.3) is 0 Å². The molecule has 0 saturated heterocycles. The van der Waals surface area contributed by atoms with E-state index in [0.29, 0.717) is 12.1 Å². The average Bonchev–Trinajstić information content (AvgIpc) is 3.33. The van der Waals surface area contributed by atoms with E-state index >= 15 is 0 Å². The lowest BCUT2D eigenvalue weighted by Crippen LogP contribution is -2.30. The molecular weight excluding hydrogens is 274 g/mol. The van der Waals surface area contributed by atoms with Gasteiger partial charge in [0, 0.05) is 38.5 Å². The molecule has 20 heavy (non-hydrogen) atoms. The van der Waals surface area contributed by atoms with Crippen LogP contribution < -0.4 is 10.2 Å². The van der Waals surface area contributed by atoms with Crippen LogP contribution in [0.25, 0.3) is 0 Å². The zero-order valence-electron chi connectivity index (χ0n) is 11.9. The molecule has 1 heterocycles. The van der Waals surface area contributed by atoms with Crippen LogP contribution in [0, 0.1) is 0 Å². The maximum atomic E-state index is 6.26. The zero-order valence-corrected chi connectivity index (χ0v) is 12.7. The number of halogens is 1. The Bertz CT molecular complexity index is 460. The Morgan fingerprint density at radius 3 is 2.85 bits per heavy atom. The van der Waals surface area contributed by atoms with Gasteiger partial charge in [-0.05, 0) is 37.3 Å². The van der Waals surface area contributed by atoms with Crippen molar-refractivity contribution in [2.45, 2.75) is 44.3 Å². The number of hydrogen-bond acceptors (Lipinski definition) is 4. The van der Waals surface area contributed by atoms with Crippen LogP contribution in [0.3, 0.4) is 0 Å². The van der Waals surface area contributed by atoms with Crippen molar-refractivity contribution in [3.8, 4) is 0 Å². The summed E-state index contributed by atoms with van der Waals surface area (Å²) >= 11 is 6.26. The Morgan fingerprint density at radius 2 is 2.20 bits per heavy atom. The first-order valence-corrected chi connectivity index (χ1v) is 7.79. The van der Waals surface area contributed by atoms with E-state index in [-0.39, 0.29) is 0 Å². The van der Waals surface area contributed by atoms with E-state index in [1.807, 2.05) is 0 Å². The number of ether oxygens (including phenoxy) is 1. The number of rotatable bonds is 8. The van der Waals surface area contributed by atoms with Crippen LogP contribution in [0.15, 0.2) is 12.3 Å². The van der Waals surface area contributed by atoms with Crippen molar-refractivity contribution in [2.24, 2.45) is 0 Å². The summed E-state index contributed by atoms with van der Waals surface area (Å²) < 4.78 is 5.21. The lowest BCUT2D eigenvalue weighted by atomic mass is 10.2. The van der Waals surface area contributed by atoms with Crippen LogP contribution in [0.1, 0.15) is 31.2 Å². The summed E-state index contributed by atoms with van der Waals surface area (Å²) in [7, 11) is 1.74. The highest BCUT2D eigenvalue weighted by atomic mass is 35.5. The van der Waals surface area contributed by atoms with E-state index in [1.165, 1.54) is 25.7 Å². The normalized spacial score (nSPS) is 18.3. The van der Waals surface area contributed by atoms with Gasteiger partial charge in [0.05, 0.1) is 11.6 Å². The summed E-state index contributed by atoms with van der Waals surface area (Å²) in [4.78, 5) is 6.85. The van der Waals surface area contributed by atoms with Gasteiger partial charge in [-0.3, -0.25) is 0 Å². The van der Waals surface area contributed by atoms with Crippen molar-refractivity contribution in [2.75, 3.05) is 25.2 Å². The molecule has 2 fully saturated rings. The standard InChI is InChI=1S/C15H22ClN3O/c1-20-7-6-19(13-4-5-13)15-8-11(14(16)10-18-15)9-17-12-2-3-12/h8,10,12-13,17H,2-7,9H2,1H3. The molecule has 0 bridgehead atoms. The van der Waals surface area contributed by atoms with Gasteiger partial charge in [-0.1, -0.05) is 11.6 Å². The summed E-state index contributed by atoms with van der Waals surface area (Å²) in [5, 5.41) is 4.27. The first-order chi connectivity index (χ1) is 9.78. The Morgan fingerprint density at radius 1 is 1.40 bits per heavy atom. The smallest absolute Gasteiger partial charge is 0.129 e. The third kappa shape index (κ3) is 3.62. The lowest BCUT2D eigenvalue weighted by molar-refractivity contribution is 0.204. The van der Waals surface area contributed by atoms with Crippen molar-refractivity contribution in [1.29, 1.82) is 0 Å². The van der Waals surface area contributed by atoms with Crippen LogP contribution >= 0.6 is 11.6 Å². The quantitative estimate of drug-likeness (QED) is 0.800. The number of aromatic nitrogens is 1. The van der Waals surface area contributed by atoms with Gasteiger partial charge in [-0.25, -0.2) is 4.98 Å². The van der Waals surface area contributed by atoms with E-state index in [4.69, 9.17) is 16.3 Å². The predicted octanol–water partition coefficient (Wildman–Crippen LogP) is 2.60. The molecule has 0 atom stereocenters. The Balaban J connectivity index is 1.71. The monoisotopic (exact) mass is 295 g/mol. The second-order valence-corrected chi connectivity index (χ2v) is 6.11. The minimum Gasteiger partial charge on any atom is -0.383 e. The summed E-state index contributed by atoms with van der Waals surface area (Å²) in [6.07, 6.45) is 6.87. The van der Waals surface area contributed by atoms with Crippen LogP contribution in [-0.4, -0.2) is 37.3 Å². The number of hydrogen-bond donors (Lipinski definition) is 1. The van der Waals surface area contributed by atoms with Crippen molar-refractivity contribution in [3.05, 3.63) is 22.8 Å². The molecule has 3 rings (SSSR count). The lowest BCUT2D eigenvalue weighted by Gasteiger charge is -2.24. The molecule has 2 aliphatic rings. The number of anilines is 1. The topological polar surface area (TPSA) is 37.4 Å². The summed E-state index contributed by atoms with van der Waals surface area (Å²) in [6.45, 7) is 2.46. The SMILES string of the molecule is COCCN(c1cc(CNC2CC2)c(Cl)cn1)C1CC1. The van der Waals surface area contributed by atoms with E-state index in [0.717, 1.165) is 36.1 Å². The van der Waals surface area contributed by atoms with Crippen molar-refractivity contribution < 1.29 is 4.74 Å². The first kappa shape index (κ1) is 14.1. The van der Waals surface area contributed by atoms with E-state index < -0.39 is 0 Å². The summed E-state index contributed by atoms with van der Waals surface area (Å²) in [6, 6.07) is 3.45. The van der Waals surface area contributed by atoms with Crippen molar-refractivity contribution in [1.82, 2.24) is 10.3 Å². The molecule has 1 aromatic rings. The third-order valence-electron chi connectivity index (χ3n) is 3.90. The van der Waals surface area contributed by atoms with Gasteiger partial charge < -0.3 is 15.0 Å². The summed E-state index contributed by atoms with van der Waals surface area (Å²) in [5.41, 5.74) is 1.15. The molecule has 0 unspecified atom stereocenters. The molecule has 110 valence electrons. The van der Waals surface area contributed by atoms with Gasteiger partial charge in [0.15, 0.2) is 0 Å².